The molecule has 0 aliphatic heterocycles. The zero-order valence-electron chi connectivity index (χ0n) is 10.7. The first-order valence-corrected chi connectivity index (χ1v) is 6.90. The van der Waals surface area contributed by atoms with E-state index in [1.165, 1.54) is 11.6 Å². The van der Waals surface area contributed by atoms with E-state index >= 15 is 0 Å². The van der Waals surface area contributed by atoms with Crippen LogP contribution in [0.3, 0.4) is 0 Å². The number of hydrogen-bond donors (Lipinski definition) is 2. The predicted octanol–water partition coefficient (Wildman–Crippen LogP) is 4.21. The van der Waals surface area contributed by atoms with Crippen molar-refractivity contribution in [3.05, 3.63) is 58.3 Å². The van der Waals surface area contributed by atoms with Gasteiger partial charge in [0, 0.05) is 12.1 Å². The monoisotopic (exact) mass is 322 g/mol. The van der Waals surface area contributed by atoms with Crippen molar-refractivity contribution < 1.29 is 4.39 Å². The molecule has 0 bridgehead atoms. The summed E-state index contributed by atoms with van der Waals surface area (Å²) in [4.78, 5) is 0. The number of rotatable bonds is 4. The Bertz CT molecular complexity index is 558. The van der Waals surface area contributed by atoms with E-state index in [9.17, 15) is 4.39 Å². The van der Waals surface area contributed by atoms with Gasteiger partial charge in [-0.3, -0.25) is 0 Å². The van der Waals surface area contributed by atoms with Gasteiger partial charge in [0.1, 0.15) is 5.82 Å². The molecule has 0 amide bonds. The molecule has 2 aromatic rings. The zero-order chi connectivity index (χ0) is 13.8. The number of hydrogen-bond acceptors (Lipinski definition) is 2. The number of benzene rings is 2. The molecule has 0 fully saturated rings. The molecule has 0 aromatic heterocycles. The van der Waals surface area contributed by atoms with Gasteiger partial charge in [-0.2, -0.15) is 0 Å². The standard InChI is InChI=1S/C15H16BrFN2/c1-10(7-11-5-3-2-4-6-11)19-15-9-13(17)12(16)8-14(15)18/h2-6,8-10,19H,7,18H2,1H3. The maximum atomic E-state index is 13.5. The fourth-order valence-corrected chi connectivity index (χ4v) is 2.33. The van der Waals surface area contributed by atoms with E-state index in [4.69, 9.17) is 5.73 Å². The molecule has 0 heterocycles. The molecular weight excluding hydrogens is 307 g/mol. The van der Waals surface area contributed by atoms with E-state index in [0.29, 0.717) is 15.8 Å². The lowest BCUT2D eigenvalue weighted by atomic mass is 10.1. The molecule has 0 saturated carbocycles. The Morgan fingerprint density at radius 2 is 1.95 bits per heavy atom. The highest BCUT2D eigenvalue weighted by molar-refractivity contribution is 9.10. The number of nitrogen functional groups attached to an aromatic ring is 1. The third kappa shape index (κ3) is 3.70. The number of halogens is 2. The van der Waals surface area contributed by atoms with Crippen LogP contribution < -0.4 is 11.1 Å². The van der Waals surface area contributed by atoms with Crippen molar-refractivity contribution in [2.24, 2.45) is 0 Å². The fourth-order valence-electron chi connectivity index (χ4n) is 1.97. The van der Waals surface area contributed by atoms with Crippen molar-refractivity contribution in [1.82, 2.24) is 0 Å². The maximum absolute atomic E-state index is 13.5. The van der Waals surface area contributed by atoms with Crippen molar-refractivity contribution >= 4 is 27.3 Å². The van der Waals surface area contributed by atoms with Crippen LogP contribution in [0.2, 0.25) is 0 Å². The molecule has 3 N–H and O–H groups in total. The Labute approximate surface area is 121 Å². The molecule has 0 aliphatic rings. The van der Waals surface area contributed by atoms with Crippen molar-refractivity contribution in [2.75, 3.05) is 11.1 Å². The van der Waals surface area contributed by atoms with Gasteiger partial charge in [-0.05, 0) is 40.9 Å². The zero-order valence-corrected chi connectivity index (χ0v) is 12.2. The lowest BCUT2D eigenvalue weighted by Gasteiger charge is -2.17. The molecule has 2 aromatic carbocycles. The van der Waals surface area contributed by atoms with Crippen LogP contribution in [0.4, 0.5) is 15.8 Å². The Kier molecular flexibility index (Phi) is 4.43. The Morgan fingerprint density at radius 3 is 2.63 bits per heavy atom. The van der Waals surface area contributed by atoms with Crippen LogP contribution in [-0.4, -0.2) is 6.04 Å². The lowest BCUT2D eigenvalue weighted by Crippen LogP contribution is -2.19. The largest absolute Gasteiger partial charge is 0.397 e. The molecule has 0 spiro atoms. The molecule has 4 heteroatoms. The summed E-state index contributed by atoms with van der Waals surface area (Å²) in [5.41, 5.74) is 8.27. The topological polar surface area (TPSA) is 38.0 Å². The van der Waals surface area contributed by atoms with Gasteiger partial charge in [0.25, 0.3) is 0 Å². The van der Waals surface area contributed by atoms with E-state index < -0.39 is 0 Å². The first kappa shape index (κ1) is 13.9. The van der Waals surface area contributed by atoms with E-state index in [-0.39, 0.29) is 11.9 Å². The van der Waals surface area contributed by atoms with Gasteiger partial charge in [-0.15, -0.1) is 0 Å². The average molecular weight is 323 g/mol. The second kappa shape index (κ2) is 6.06. The molecule has 0 aliphatic carbocycles. The van der Waals surface area contributed by atoms with Gasteiger partial charge < -0.3 is 11.1 Å². The summed E-state index contributed by atoms with van der Waals surface area (Å²) in [7, 11) is 0. The highest BCUT2D eigenvalue weighted by Crippen LogP contribution is 2.27. The van der Waals surface area contributed by atoms with E-state index in [0.717, 1.165) is 6.42 Å². The minimum absolute atomic E-state index is 0.172. The summed E-state index contributed by atoms with van der Waals surface area (Å²) in [5.74, 6) is -0.316. The molecular formula is C15H16BrFN2. The Morgan fingerprint density at radius 1 is 1.26 bits per heavy atom. The van der Waals surface area contributed by atoms with Crippen LogP contribution in [0.1, 0.15) is 12.5 Å². The van der Waals surface area contributed by atoms with Gasteiger partial charge in [-0.1, -0.05) is 30.3 Å². The number of nitrogens with one attached hydrogen (secondary N) is 1. The summed E-state index contributed by atoms with van der Waals surface area (Å²) in [6, 6.07) is 13.3. The summed E-state index contributed by atoms with van der Waals surface area (Å²) in [6.07, 6.45) is 0.859. The molecule has 19 heavy (non-hydrogen) atoms. The van der Waals surface area contributed by atoms with Gasteiger partial charge in [0.2, 0.25) is 0 Å². The summed E-state index contributed by atoms with van der Waals surface area (Å²) in [6.45, 7) is 2.05. The fraction of sp³-hybridized carbons (Fsp3) is 0.200. The van der Waals surface area contributed by atoms with Gasteiger partial charge in [0.05, 0.1) is 15.8 Å². The van der Waals surface area contributed by atoms with Crippen molar-refractivity contribution in [3.63, 3.8) is 0 Å². The minimum Gasteiger partial charge on any atom is -0.397 e. The molecule has 1 unspecified atom stereocenters. The van der Waals surface area contributed by atoms with Crippen LogP contribution in [0, 0.1) is 5.82 Å². The third-order valence-electron chi connectivity index (χ3n) is 2.88. The molecule has 2 nitrogen and oxygen atoms in total. The van der Waals surface area contributed by atoms with Crippen molar-refractivity contribution in [3.8, 4) is 0 Å². The molecule has 0 saturated heterocycles. The van der Waals surface area contributed by atoms with Gasteiger partial charge in [0.15, 0.2) is 0 Å². The summed E-state index contributed by atoms with van der Waals surface area (Å²) < 4.78 is 13.9. The highest BCUT2D eigenvalue weighted by Gasteiger charge is 2.09. The Balaban J connectivity index is 2.07. The van der Waals surface area contributed by atoms with Crippen molar-refractivity contribution in [1.29, 1.82) is 0 Å². The predicted molar refractivity (Wildman–Crippen MR) is 81.7 cm³/mol. The van der Waals surface area contributed by atoms with E-state index in [2.05, 4.69) is 33.4 Å². The average Bonchev–Trinajstić information content (AvgIpc) is 2.37. The molecule has 2 rings (SSSR count). The van der Waals surface area contributed by atoms with Crippen LogP contribution in [-0.2, 0) is 6.42 Å². The number of anilines is 2. The summed E-state index contributed by atoms with van der Waals surface area (Å²) >= 11 is 3.12. The smallest absolute Gasteiger partial charge is 0.139 e. The van der Waals surface area contributed by atoms with E-state index in [1.54, 1.807) is 6.07 Å². The van der Waals surface area contributed by atoms with Crippen LogP contribution >= 0.6 is 15.9 Å². The van der Waals surface area contributed by atoms with E-state index in [1.807, 2.05) is 25.1 Å². The van der Waals surface area contributed by atoms with Crippen LogP contribution in [0.25, 0.3) is 0 Å². The molecule has 100 valence electrons. The SMILES string of the molecule is CC(Cc1ccccc1)Nc1cc(F)c(Br)cc1N. The van der Waals surface area contributed by atoms with Gasteiger partial charge >= 0.3 is 0 Å². The first-order chi connectivity index (χ1) is 9.06. The lowest BCUT2D eigenvalue weighted by molar-refractivity contribution is 0.621. The number of nitrogens with two attached hydrogens (primary N) is 1. The van der Waals surface area contributed by atoms with Crippen molar-refractivity contribution in [2.45, 2.75) is 19.4 Å². The Hall–Kier alpha value is -1.55. The van der Waals surface area contributed by atoms with Crippen LogP contribution in [0.15, 0.2) is 46.9 Å². The van der Waals surface area contributed by atoms with Gasteiger partial charge in [-0.25, -0.2) is 4.39 Å². The van der Waals surface area contributed by atoms with Crippen LogP contribution in [0.5, 0.6) is 0 Å². The molecule has 1 atom stereocenters. The quantitative estimate of drug-likeness (QED) is 0.827. The molecule has 0 radical (unpaired) electrons. The second-order valence-electron chi connectivity index (χ2n) is 4.59. The third-order valence-corrected chi connectivity index (χ3v) is 3.49. The second-order valence-corrected chi connectivity index (χ2v) is 5.44. The first-order valence-electron chi connectivity index (χ1n) is 6.11. The normalized spacial score (nSPS) is 12.2. The highest BCUT2D eigenvalue weighted by atomic mass is 79.9. The minimum atomic E-state index is -0.316. The summed E-state index contributed by atoms with van der Waals surface area (Å²) in [5, 5.41) is 3.24. The maximum Gasteiger partial charge on any atom is 0.139 e.